The first-order valence-electron chi connectivity index (χ1n) is 5.80. The summed E-state index contributed by atoms with van der Waals surface area (Å²) in [6.45, 7) is 9.71. The van der Waals surface area contributed by atoms with E-state index in [-0.39, 0.29) is 0 Å². The van der Waals surface area contributed by atoms with E-state index < -0.39 is 0 Å². The van der Waals surface area contributed by atoms with Crippen LogP contribution >= 0.6 is 0 Å². The van der Waals surface area contributed by atoms with Gasteiger partial charge in [0.05, 0.1) is 0 Å². The van der Waals surface area contributed by atoms with E-state index in [0.29, 0.717) is 6.61 Å². The number of rotatable bonds is 4. The predicted molar refractivity (Wildman–Crippen MR) is 69.1 cm³/mol. The number of hydrogen-bond acceptors (Lipinski definition) is 3. The maximum absolute atomic E-state index is 5.50. The molecule has 0 aliphatic rings. The van der Waals surface area contributed by atoms with Crippen LogP contribution in [0.1, 0.15) is 25.0 Å². The topological polar surface area (TPSA) is 25.4 Å². The van der Waals surface area contributed by atoms with E-state index in [2.05, 4.69) is 16.8 Å². The molecule has 0 radical (unpaired) electrons. The summed E-state index contributed by atoms with van der Waals surface area (Å²) in [7, 11) is 4.05. The third-order valence-corrected chi connectivity index (χ3v) is 2.14. The number of nitrogens with zero attached hydrogens (tertiary/aromatic N) is 2. The van der Waals surface area contributed by atoms with Crippen LogP contribution in [0, 0.1) is 13.8 Å². The first kappa shape index (κ1) is 14.9. The molecule has 0 fully saturated rings. The molecule has 0 amide bonds. The molecule has 1 rings (SSSR count). The molecule has 1 aromatic heterocycles. The lowest BCUT2D eigenvalue weighted by Crippen LogP contribution is -2.19. The van der Waals surface area contributed by atoms with Gasteiger partial charge in [0.2, 0.25) is 5.88 Å². The van der Waals surface area contributed by atoms with Crippen LogP contribution in [0.2, 0.25) is 0 Å². The first-order valence-corrected chi connectivity index (χ1v) is 5.80. The highest BCUT2D eigenvalue weighted by molar-refractivity contribution is 5.26. The summed E-state index contributed by atoms with van der Waals surface area (Å²) in [6, 6.07) is 1.98. The molecule has 0 aliphatic carbocycles. The molecule has 0 aliphatic heterocycles. The van der Waals surface area contributed by atoms with Gasteiger partial charge in [0.15, 0.2) is 0 Å². The second-order valence-electron chi connectivity index (χ2n) is 3.76. The summed E-state index contributed by atoms with van der Waals surface area (Å²) in [5, 5.41) is 0. The Balaban J connectivity index is 0.00000106. The van der Waals surface area contributed by atoms with E-state index >= 15 is 0 Å². The second-order valence-corrected chi connectivity index (χ2v) is 3.76. The van der Waals surface area contributed by atoms with E-state index in [1.165, 1.54) is 11.1 Å². The minimum Gasteiger partial charge on any atom is -0.476 e. The van der Waals surface area contributed by atoms with Gasteiger partial charge in [-0.05, 0) is 39.1 Å². The summed E-state index contributed by atoms with van der Waals surface area (Å²) in [5.74, 6) is 0.718. The molecule has 1 aromatic rings. The van der Waals surface area contributed by atoms with Crippen LogP contribution in [0.5, 0.6) is 5.88 Å². The molecule has 16 heavy (non-hydrogen) atoms. The Morgan fingerprint density at radius 2 is 1.81 bits per heavy atom. The average Bonchev–Trinajstić information content (AvgIpc) is 2.26. The van der Waals surface area contributed by atoms with Crippen LogP contribution < -0.4 is 4.74 Å². The Labute approximate surface area is 99.4 Å². The van der Waals surface area contributed by atoms with Gasteiger partial charge in [0.1, 0.15) is 6.61 Å². The van der Waals surface area contributed by atoms with E-state index in [4.69, 9.17) is 4.74 Å². The fourth-order valence-electron chi connectivity index (χ4n) is 1.01. The Kier molecular flexibility index (Phi) is 7.56. The lowest BCUT2D eigenvalue weighted by molar-refractivity contribution is 0.253. The molecule has 1 heterocycles. The first-order chi connectivity index (χ1) is 7.59. The number of ether oxygens (including phenoxy) is 1. The van der Waals surface area contributed by atoms with Crippen LogP contribution in [-0.2, 0) is 0 Å². The minimum absolute atomic E-state index is 0.683. The normalized spacial score (nSPS) is 9.69. The van der Waals surface area contributed by atoms with Gasteiger partial charge in [-0.3, -0.25) is 0 Å². The Bertz CT molecular complexity index is 298. The van der Waals surface area contributed by atoms with Crippen molar-refractivity contribution in [2.75, 3.05) is 27.2 Å². The minimum atomic E-state index is 0.683. The third kappa shape index (κ3) is 5.71. The van der Waals surface area contributed by atoms with Crippen LogP contribution in [0.4, 0.5) is 0 Å². The number of aromatic nitrogens is 1. The highest BCUT2D eigenvalue weighted by atomic mass is 16.5. The zero-order valence-electron chi connectivity index (χ0n) is 11.4. The Morgan fingerprint density at radius 1 is 1.19 bits per heavy atom. The van der Waals surface area contributed by atoms with Gasteiger partial charge in [-0.1, -0.05) is 13.8 Å². The molecular weight excluding hydrogens is 200 g/mol. The van der Waals surface area contributed by atoms with Crippen molar-refractivity contribution >= 4 is 0 Å². The number of pyridine rings is 1. The fourth-order valence-corrected chi connectivity index (χ4v) is 1.01. The zero-order valence-corrected chi connectivity index (χ0v) is 11.4. The SMILES string of the molecule is CC.Cc1cnc(OCCN(C)C)cc1C. The lowest BCUT2D eigenvalue weighted by Gasteiger charge is -2.10. The molecular formula is C13H24N2O. The fraction of sp³-hybridized carbons (Fsp3) is 0.615. The van der Waals surface area contributed by atoms with Crippen molar-refractivity contribution < 1.29 is 4.74 Å². The molecule has 0 saturated heterocycles. The molecule has 0 N–H and O–H groups in total. The summed E-state index contributed by atoms with van der Waals surface area (Å²) in [5.41, 5.74) is 2.42. The molecule has 0 unspecified atom stereocenters. The van der Waals surface area contributed by atoms with Crippen LogP contribution in [0.25, 0.3) is 0 Å². The van der Waals surface area contributed by atoms with Crippen molar-refractivity contribution in [1.29, 1.82) is 0 Å². The van der Waals surface area contributed by atoms with Gasteiger partial charge in [0, 0.05) is 18.8 Å². The molecule has 0 spiro atoms. The van der Waals surface area contributed by atoms with E-state index in [1.807, 2.05) is 47.1 Å². The van der Waals surface area contributed by atoms with Crippen LogP contribution in [-0.4, -0.2) is 37.1 Å². The quantitative estimate of drug-likeness (QED) is 0.786. The third-order valence-electron chi connectivity index (χ3n) is 2.14. The predicted octanol–water partition coefficient (Wildman–Crippen LogP) is 2.67. The molecule has 0 saturated carbocycles. The number of aryl methyl sites for hydroxylation is 2. The van der Waals surface area contributed by atoms with Gasteiger partial charge in [-0.15, -0.1) is 0 Å². The maximum atomic E-state index is 5.50. The summed E-state index contributed by atoms with van der Waals surface area (Å²) >= 11 is 0. The molecule has 0 aromatic carbocycles. The van der Waals surface area contributed by atoms with E-state index in [1.54, 1.807) is 0 Å². The van der Waals surface area contributed by atoms with Crippen molar-refractivity contribution in [3.8, 4) is 5.88 Å². The van der Waals surface area contributed by atoms with Gasteiger partial charge in [-0.25, -0.2) is 4.98 Å². The van der Waals surface area contributed by atoms with Gasteiger partial charge in [0.25, 0.3) is 0 Å². The number of likely N-dealkylation sites (N-methyl/N-ethyl adjacent to an activating group) is 1. The Hall–Kier alpha value is -1.09. The van der Waals surface area contributed by atoms with E-state index in [0.717, 1.165) is 12.4 Å². The van der Waals surface area contributed by atoms with Gasteiger partial charge < -0.3 is 9.64 Å². The maximum Gasteiger partial charge on any atom is 0.213 e. The summed E-state index contributed by atoms with van der Waals surface area (Å²) in [4.78, 5) is 6.28. The molecule has 3 heteroatoms. The van der Waals surface area contributed by atoms with Crippen molar-refractivity contribution in [2.45, 2.75) is 27.7 Å². The van der Waals surface area contributed by atoms with Crippen molar-refractivity contribution in [2.24, 2.45) is 0 Å². The summed E-state index contributed by atoms with van der Waals surface area (Å²) < 4.78 is 5.50. The largest absolute Gasteiger partial charge is 0.476 e. The highest BCUT2D eigenvalue weighted by Crippen LogP contribution is 2.12. The molecule has 0 bridgehead atoms. The Morgan fingerprint density at radius 3 is 2.31 bits per heavy atom. The van der Waals surface area contributed by atoms with Gasteiger partial charge >= 0.3 is 0 Å². The lowest BCUT2D eigenvalue weighted by atomic mass is 10.2. The zero-order chi connectivity index (χ0) is 12.6. The highest BCUT2D eigenvalue weighted by Gasteiger charge is 1.98. The van der Waals surface area contributed by atoms with Crippen LogP contribution in [0.3, 0.4) is 0 Å². The van der Waals surface area contributed by atoms with Crippen molar-refractivity contribution in [1.82, 2.24) is 9.88 Å². The molecule has 3 nitrogen and oxygen atoms in total. The molecule has 92 valence electrons. The second kappa shape index (κ2) is 8.11. The smallest absolute Gasteiger partial charge is 0.213 e. The average molecular weight is 224 g/mol. The van der Waals surface area contributed by atoms with Crippen molar-refractivity contribution in [3.63, 3.8) is 0 Å². The van der Waals surface area contributed by atoms with Crippen LogP contribution in [0.15, 0.2) is 12.3 Å². The number of hydrogen-bond donors (Lipinski definition) is 0. The van der Waals surface area contributed by atoms with Gasteiger partial charge in [-0.2, -0.15) is 0 Å². The molecule has 0 atom stereocenters. The summed E-state index contributed by atoms with van der Waals surface area (Å²) in [6.07, 6.45) is 1.85. The monoisotopic (exact) mass is 224 g/mol. The standard InChI is InChI=1S/C11H18N2O.C2H6/c1-9-7-11(12-8-10(9)2)14-6-5-13(3)4;1-2/h7-8H,5-6H2,1-4H3;1-2H3. The van der Waals surface area contributed by atoms with E-state index in [9.17, 15) is 0 Å². The van der Waals surface area contributed by atoms with Crippen molar-refractivity contribution in [3.05, 3.63) is 23.4 Å².